The van der Waals surface area contributed by atoms with E-state index < -0.39 is 0 Å². The zero-order valence-corrected chi connectivity index (χ0v) is 17.1. The van der Waals surface area contributed by atoms with Crippen molar-refractivity contribution in [3.05, 3.63) is 21.3 Å². The van der Waals surface area contributed by atoms with E-state index in [1.807, 2.05) is 6.07 Å². The van der Waals surface area contributed by atoms with Gasteiger partial charge >= 0.3 is 0 Å². The molecule has 5 nitrogen and oxygen atoms in total. The van der Waals surface area contributed by atoms with Crippen LogP contribution in [-0.4, -0.2) is 50.2 Å². The number of hydrogen-bond acceptors (Lipinski definition) is 4. The van der Waals surface area contributed by atoms with Gasteiger partial charge in [-0.05, 0) is 74.5 Å². The molecule has 1 fully saturated rings. The molecule has 0 atom stereocenters. The van der Waals surface area contributed by atoms with Crippen molar-refractivity contribution in [1.29, 1.82) is 0 Å². The molecule has 0 spiro atoms. The van der Waals surface area contributed by atoms with Crippen LogP contribution in [0.15, 0.2) is 12.1 Å². The van der Waals surface area contributed by atoms with Gasteiger partial charge in [-0.25, -0.2) is 0 Å². The highest BCUT2D eigenvalue weighted by Crippen LogP contribution is 2.31. The molecule has 0 radical (unpaired) electrons. The van der Waals surface area contributed by atoms with Gasteiger partial charge in [-0.3, -0.25) is 9.69 Å². The first kappa shape index (κ1) is 19.3. The Kier molecular flexibility index (Phi) is 6.74. The van der Waals surface area contributed by atoms with Crippen LogP contribution in [0.4, 0.5) is 0 Å². The summed E-state index contributed by atoms with van der Waals surface area (Å²) in [6.07, 6.45) is 3.79. The molecule has 0 unspecified atom stereocenters. The fourth-order valence-electron chi connectivity index (χ4n) is 3.03. The zero-order chi connectivity index (χ0) is 17.7. The summed E-state index contributed by atoms with van der Waals surface area (Å²) in [6, 6.07) is 3.56. The normalized spacial score (nSPS) is 15.9. The molecule has 1 aromatic rings. The second-order valence-electron chi connectivity index (χ2n) is 6.73. The Balaban J connectivity index is 2.06. The van der Waals surface area contributed by atoms with Gasteiger partial charge in [0.25, 0.3) is 5.91 Å². The molecule has 0 saturated carbocycles. The third-order valence-electron chi connectivity index (χ3n) is 4.61. The van der Waals surface area contributed by atoms with Crippen molar-refractivity contribution in [3.63, 3.8) is 0 Å². The van der Waals surface area contributed by atoms with Gasteiger partial charge in [-0.2, -0.15) is 0 Å². The van der Waals surface area contributed by atoms with E-state index >= 15 is 0 Å². The molecule has 1 saturated heterocycles. The van der Waals surface area contributed by atoms with Gasteiger partial charge in [0.15, 0.2) is 11.5 Å². The number of benzene rings is 1. The Labute approximate surface area is 158 Å². The summed E-state index contributed by atoms with van der Waals surface area (Å²) in [4.78, 5) is 15.1. The molecule has 2 rings (SSSR count). The van der Waals surface area contributed by atoms with Gasteiger partial charge in [-0.1, -0.05) is 6.42 Å². The molecular formula is C18H27IN2O3. The first-order chi connectivity index (χ1) is 11.4. The van der Waals surface area contributed by atoms with E-state index in [-0.39, 0.29) is 11.4 Å². The van der Waals surface area contributed by atoms with Crippen LogP contribution in [0.25, 0.3) is 0 Å². The molecule has 1 aliphatic rings. The third kappa shape index (κ3) is 4.53. The highest BCUT2D eigenvalue weighted by atomic mass is 127. The maximum Gasteiger partial charge on any atom is 0.252 e. The van der Waals surface area contributed by atoms with Crippen LogP contribution < -0.4 is 14.8 Å². The summed E-state index contributed by atoms with van der Waals surface area (Å²) in [5, 5.41) is 3.08. The monoisotopic (exact) mass is 446 g/mol. The number of carbonyl (C=O) groups is 1. The van der Waals surface area contributed by atoms with E-state index in [2.05, 4.69) is 46.7 Å². The largest absolute Gasteiger partial charge is 0.493 e. The summed E-state index contributed by atoms with van der Waals surface area (Å²) in [5.74, 6) is 1.12. The highest BCUT2D eigenvalue weighted by molar-refractivity contribution is 14.1. The highest BCUT2D eigenvalue weighted by Gasteiger charge is 2.28. The summed E-state index contributed by atoms with van der Waals surface area (Å²) in [6.45, 7) is 7.22. The quantitative estimate of drug-likeness (QED) is 0.682. The van der Waals surface area contributed by atoms with E-state index in [0.717, 1.165) is 16.7 Å². The molecule has 1 N–H and O–H groups in total. The number of rotatable bonds is 6. The Morgan fingerprint density at radius 3 is 2.33 bits per heavy atom. The van der Waals surface area contributed by atoms with E-state index in [9.17, 15) is 4.79 Å². The number of hydrogen-bond donors (Lipinski definition) is 1. The van der Waals surface area contributed by atoms with Crippen molar-refractivity contribution in [3.8, 4) is 11.5 Å². The van der Waals surface area contributed by atoms with Crippen molar-refractivity contribution < 1.29 is 14.3 Å². The van der Waals surface area contributed by atoms with Gasteiger partial charge in [0.05, 0.1) is 19.8 Å². The number of likely N-dealkylation sites (tertiary alicyclic amines) is 1. The van der Waals surface area contributed by atoms with Crippen LogP contribution in [0.3, 0.4) is 0 Å². The second-order valence-corrected chi connectivity index (χ2v) is 7.89. The van der Waals surface area contributed by atoms with E-state index in [0.29, 0.717) is 23.6 Å². The fourth-order valence-corrected chi connectivity index (χ4v) is 3.71. The Bertz CT molecular complexity index is 584. The third-order valence-corrected chi connectivity index (χ3v) is 5.50. The molecular weight excluding hydrogens is 419 g/mol. The number of piperidine rings is 1. The molecule has 1 heterocycles. The standard InChI is InChI=1S/C18H27IN2O3/c1-18(2,21-8-6-5-7-9-21)12-20-17(22)13-10-15(23-3)16(24-4)11-14(13)19/h10-11H,5-9,12H2,1-4H3,(H,20,22). The fraction of sp³-hybridized carbons (Fsp3) is 0.611. The van der Waals surface area contributed by atoms with Crippen LogP contribution in [0.1, 0.15) is 43.5 Å². The average Bonchev–Trinajstić information content (AvgIpc) is 2.60. The maximum atomic E-state index is 12.6. The number of ether oxygens (including phenoxy) is 2. The minimum absolute atomic E-state index is 0.0436. The summed E-state index contributed by atoms with van der Waals surface area (Å²) in [5.41, 5.74) is 0.570. The SMILES string of the molecule is COc1cc(I)c(C(=O)NCC(C)(C)N2CCCCC2)cc1OC. The van der Waals surface area contributed by atoms with Crippen LogP contribution >= 0.6 is 22.6 Å². The lowest BCUT2D eigenvalue weighted by Gasteiger charge is -2.41. The van der Waals surface area contributed by atoms with Crippen molar-refractivity contribution in [2.45, 2.75) is 38.6 Å². The number of halogens is 1. The number of amides is 1. The van der Waals surface area contributed by atoms with Crippen LogP contribution in [-0.2, 0) is 0 Å². The van der Waals surface area contributed by atoms with Gasteiger partial charge < -0.3 is 14.8 Å². The number of carbonyl (C=O) groups excluding carboxylic acids is 1. The van der Waals surface area contributed by atoms with E-state index in [1.165, 1.54) is 19.3 Å². The number of methoxy groups -OCH3 is 2. The predicted octanol–water partition coefficient (Wildman–Crippen LogP) is 3.30. The van der Waals surface area contributed by atoms with Gasteiger partial charge in [0.2, 0.25) is 0 Å². The summed E-state index contributed by atoms with van der Waals surface area (Å²) in [7, 11) is 3.17. The maximum absolute atomic E-state index is 12.6. The first-order valence-corrected chi connectivity index (χ1v) is 9.41. The van der Waals surface area contributed by atoms with Crippen molar-refractivity contribution >= 4 is 28.5 Å². The van der Waals surface area contributed by atoms with Gasteiger partial charge in [0.1, 0.15) is 0 Å². The lowest BCUT2D eigenvalue weighted by Crippen LogP contribution is -2.53. The lowest BCUT2D eigenvalue weighted by molar-refractivity contribution is 0.0797. The van der Waals surface area contributed by atoms with Crippen molar-refractivity contribution in [2.75, 3.05) is 33.9 Å². The molecule has 6 heteroatoms. The van der Waals surface area contributed by atoms with Crippen LogP contribution in [0, 0.1) is 3.57 Å². The molecule has 0 aromatic heterocycles. The van der Waals surface area contributed by atoms with Gasteiger partial charge in [-0.15, -0.1) is 0 Å². The predicted molar refractivity (Wildman–Crippen MR) is 104 cm³/mol. The lowest BCUT2D eigenvalue weighted by atomic mass is 9.98. The smallest absolute Gasteiger partial charge is 0.252 e. The van der Waals surface area contributed by atoms with E-state index in [1.54, 1.807) is 20.3 Å². The Hall–Kier alpha value is -1.02. The van der Waals surface area contributed by atoms with Crippen molar-refractivity contribution in [1.82, 2.24) is 10.2 Å². The second kappa shape index (κ2) is 8.38. The van der Waals surface area contributed by atoms with Crippen molar-refractivity contribution in [2.24, 2.45) is 0 Å². The average molecular weight is 446 g/mol. The Morgan fingerprint density at radius 1 is 1.17 bits per heavy atom. The molecule has 24 heavy (non-hydrogen) atoms. The molecule has 1 aromatic carbocycles. The number of nitrogens with zero attached hydrogens (tertiary/aromatic N) is 1. The summed E-state index contributed by atoms with van der Waals surface area (Å²) >= 11 is 2.15. The zero-order valence-electron chi connectivity index (χ0n) is 14.9. The molecule has 0 aliphatic carbocycles. The minimum Gasteiger partial charge on any atom is -0.493 e. The molecule has 0 bridgehead atoms. The van der Waals surface area contributed by atoms with Crippen LogP contribution in [0.2, 0.25) is 0 Å². The molecule has 134 valence electrons. The van der Waals surface area contributed by atoms with Crippen LogP contribution in [0.5, 0.6) is 11.5 Å². The van der Waals surface area contributed by atoms with Gasteiger partial charge in [0, 0.05) is 15.7 Å². The molecule has 1 amide bonds. The summed E-state index contributed by atoms with van der Waals surface area (Å²) < 4.78 is 11.4. The minimum atomic E-state index is -0.0783. The first-order valence-electron chi connectivity index (χ1n) is 8.34. The Morgan fingerprint density at radius 2 is 1.75 bits per heavy atom. The topological polar surface area (TPSA) is 50.8 Å². The molecule has 1 aliphatic heterocycles. The van der Waals surface area contributed by atoms with E-state index in [4.69, 9.17) is 9.47 Å². The number of nitrogens with one attached hydrogen (secondary N) is 1.